The Kier molecular flexibility index (Phi) is 3.50. The van der Waals surface area contributed by atoms with Crippen LogP contribution in [0.4, 0.5) is 17.6 Å². The van der Waals surface area contributed by atoms with Crippen molar-refractivity contribution in [2.45, 2.75) is 12.1 Å². The molecule has 6 heteroatoms. The molecular formula is C10H7F4NO. The molecule has 1 aromatic rings. The van der Waals surface area contributed by atoms with Gasteiger partial charge in [0.2, 0.25) is 0 Å². The zero-order chi connectivity index (χ0) is 12.3. The molecule has 1 rings (SSSR count). The molecule has 0 aliphatic rings. The van der Waals surface area contributed by atoms with Crippen molar-refractivity contribution in [2.75, 3.05) is 6.61 Å². The largest absolute Gasteiger partial charge is 0.416 e. The summed E-state index contributed by atoms with van der Waals surface area (Å²) in [4.78, 5) is 0. The fraction of sp³-hybridized carbons (Fsp3) is 0.300. The Morgan fingerprint density at radius 1 is 1.38 bits per heavy atom. The van der Waals surface area contributed by atoms with E-state index in [4.69, 9.17) is 10.4 Å². The minimum absolute atomic E-state index is 0.238. The van der Waals surface area contributed by atoms with E-state index in [2.05, 4.69) is 0 Å². The van der Waals surface area contributed by atoms with Crippen LogP contribution >= 0.6 is 0 Å². The topological polar surface area (TPSA) is 44.0 Å². The first-order valence-corrected chi connectivity index (χ1v) is 4.27. The van der Waals surface area contributed by atoms with Crippen LogP contribution in [0.15, 0.2) is 18.2 Å². The molecule has 1 atom stereocenters. The van der Waals surface area contributed by atoms with Gasteiger partial charge >= 0.3 is 6.18 Å². The molecule has 16 heavy (non-hydrogen) atoms. The van der Waals surface area contributed by atoms with Gasteiger partial charge in [0.05, 0.1) is 24.2 Å². The summed E-state index contributed by atoms with van der Waals surface area (Å²) in [6.45, 7) is -0.640. The molecule has 0 aliphatic heterocycles. The van der Waals surface area contributed by atoms with Gasteiger partial charge in [-0.1, -0.05) is 6.07 Å². The molecule has 0 aliphatic carbocycles. The first kappa shape index (κ1) is 12.5. The van der Waals surface area contributed by atoms with Gasteiger partial charge < -0.3 is 5.11 Å². The van der Waals surface area contributed by atoms with Gasteiger partial charge in [0.25, 0.3) is 0 Å². The van der Waals surface area contributed by atoms with E-state index in [1.807, 2.05) is 0 Å². The van der Waals surface area contributed by atoms with E-state index in [0.29, 0.717) is 12.1 Å². The van der Waals surface area contributed by atoms with Crippen molar-refractivity contribution in [3.05, 3.63) is 35.1 Å². The van der Waals surface area contributed by atoms with Gasteiger partial charge in [0.1, 0.15) is 5.82 Å². The number of benzene rings is 1. The number of nitrogens with zero attached hydrogens (tertiary/aromatic N) is 1. The molecular weight excluding hydrogens is 226 g/mol. The van der Waals surface area contributed by atoms with Gasteiger partial charge in [-0.25, -0.2) is 4.39 Å². The van der Waals surface area contributed by atoms with Crippen molar-refractivity contribution in [2.24, 2.45) is 0 Å². The fourth-order valence-corrected chi connectivity index (χ4v) is 1.19. The number of hydrogen-bond acceptors (Lipinski definition) is 2. The van der Waals surface area contributed by atoms with Crippen molar-refractivity contribution >= 4 is 0 Å². The maximum Gasteiger partial charge on any atom is 0.416 e. The predicted octanol–water partition coefficient (Wildman–Crippen LogP) is 2.44. The van der Waals surface area contributed by atoms with Crippen LogP contribution in [0.25, 0.3) is 0 Å². The lowest BCUT2D eigenvalue weighted by molar-refractivity contribution is -0.137. The Morgan fingerprint density at radius 3 is 2.38 bits per heavy atom. The third kappa shape index (κ3) is 2.49. The van der Waals surface area contributed by atoms with Crippen molar-refractivity contribution in [1.29, 1.82) is 5.26 Å². The lowest BCUT2D eigenvalue weighted by atomic mass is 9.99. The van der Waals surface area contributed by atoms with E-state index in [9.17, 15) is 17.6 Å². The molecule has 1 N–H and O–H groups in total. The van der Waals surface area contributed by atoms with Crippen molar-refractivity contribution in [1.82, 2.24) is 0 Å². The number of aliphatic hydroxyl groups excluding tert-OH is 1. The number of hydrogen-bond donors (Lipinski definition) is 1. The number of halogens is 4. The average molecular weight is 233 g/mol. The summed E-state index contributed by atoms with van der Waals surface area (Å²) in [5, 5.41) is 17.3. The molecule has 0 saturated carbocycles. The van der Waals surface area contributed by atoms with Gasteiger partial charge in [-0.15, -0.1) is 0 Å². The molecule has 86 valence electrons. The minimum atomic E-state index is -4.62. The van der Waals surface area contributed by atoms with Gasteiger partial charge in [-0.2, -0.15) is 18.4 Å². The fourth-order valence-electron chi connectivity index (χ4n) is 1.19. The zero-order valence-corrected chi connectivity index (χ0v) is 7.92. The second-order valence-electron chi connectivity index (χ2n) is 3.10. The lowest BCUT2D eigenvalue weighted by Gasteiger charge is -2.11. The Bertz CT molecular complexity index is 422. The lowest BCUT2D eigenvalue weighted by Crippen LogP contribution is -2.09. The first-order chi connectivity index (χ1) is 7.40. The Hall–Kier alpha value is -1.61. The number of rotatable bonds is 2. The van der Waals surface area contributed by atoms with Crippen LogP contribution in [0, 0.1) is 17.1 Å². The highest BCUT2D eigenvalue weighted by Gasteiger charge is 2.31. The summed E-state index contributed by atoms with van der Waals surface area (Å²) in [5.74, 6) is -2.29. The Morgan fingerprint density at radius 2 is 2.00 bits per heavy atom. The zero-order valence-electron chi connectivity index (χ0n) is 7.92. The Balaban J connectivity index is 3.15. The molecule has 1 aromatic carbocycles. The van der Waals surface area contributed by atoms with Crippen molar-refractivity contribution in [3.63, 3.8) is 0 Å². The van der Waals surface area contributed by atoms with Crippen LogP contribution < -0.4 is 0 Å². The standard InChI is InChI=1S/C10H7F4NO/c11-9-3-7(10(12,13)14)1-2-8(9)6(4-15)5-16/h1-3,6,16H,5H2. The normalized spacial score (nSPS) is 13.2. The molecule has 0 heterocycles. The maximum atomic E-state index is 13.2. The molecule has 0 spiro atoms. The molecule has 1 unspecified atom stereocenters. The quantitative estimate of drug-likeness (QED) is 0.797. The average Bonchev–Trinajstić information content (AvgIpc) is 2.20. The summed E-state index contributed by atoms with van der Waals surface area (Å²) in [6, 6.07) is 3.45. The van der Waals surface area contributed by atoms with E-state index < -0.39 is 30.1 Å². The highest BCUT2D eigenvalue weighted by Crippen LogP contribution is 2.31. The predicted molar refractivity (Wildman–Crippen MR) is 46.8 cm³/mol. The van der Waals surface area contributed by atoms with Gasteiger partial charge in [-0.05, 0) is 12.1 Å². The van der Waals surface area contributed by atoms with Gasteiger partial charge in [0, 0.05) is 5.56 Å². The molecule has 0 aromatic heterocycles. The SMILES string of the molecule is N#CC(CO)c1ccc(C(F)(F)F)cc1F. The van der Waals surface area contributed by atoms with Crippen molar-refractivity contribution < 1.29 is 22.7 Å². The number of aliphatic hydroxyl groups is 1. The molecule has 0 fully saturated rings. The summed E-state index contributed by atoms with van der Waals surface area (Å²) in [6.07, 6.45) is -4.62. The minimum Gasteiger partial charge on any atom is -0.395 e. The van der Waals surface area contributed by atoms with E-state index in [0.717, 1.165) is 6.07 Å². The highest BCUT2D eigenvalue weighted by molar-refractivity contribution is 5.31. The molecule has 2 nitrogen and oxygen atoms in total. The van der Waals surface area contributed by atoms with E-state index in [1.54, 1.807) is 6.07 Å². The second-order valence-corrected chi connectivity index (χ2v) is 3.10. The van der Waals surface area contributed by atoms with E-state index >= 15 is 0 Å². The van der Waals surface area contributed by atoms with Crippen molar-refractivity contribution in [3.8, 4) is 6.07 Å². The summed E-state index contributed by atoms with van der Waals surface area (Å²) >= 11 is 0. The summed E-state index contributed by atoms with van der Waals surface area (Å²) in [5.41, 5.74) is -1.36. The van der Waals surface area contributed by atoms with E-state index in [1.165, 1.54) is 0 Å². The van der Waals surface area contributed by atoms with Crippen LogP contribution in [0.5, 0.6) is 0 Å². The highest BCUT2D eigenvalue weighted by atomic mass is 19.4. The van der Waals surface area contributed by atoms with Crippen LogP contribution in [0.1, 0.15) is 17.0 Å². The van der Waals surface area contributed by atoms with Gasteiger partial charge in [0.15, 0.2) is 0 Å². The number of nitriles is 1. The molecule has 0 bridgehead atoms. The van der Waals surface area contributed by atoms with E-state index in [-0.39, 0.29) is 5.56 Å². The Labute approximate surface area is 88.7 Å². The molecule has 0 radical (unpaired) electrons. The summed E-state index contributed by atoms with van der Waals surface area (Å²) in [7, 11) is 0. The monoisotopic (exact) mass is 233 g/mol. The number of alkyl halides is 3. The molecule has 0 saturated heterocycles. The smallest absolute Gasteiger partial charge is 0.395 e. The summed E-state index contributed by atoms with van der Waals surface area (Å²) < 4.78 is 49.8. The third-order valence-electron chi connectivity index (χ3n) is 2.04. The maximum absolute atomic E-state index is 13.2. The van der Waals surface area contributed by atoms with Gasteiger partial charge in [-0.3, -0.25) is 0 Å². The van der Waals surface area contributed by atoms with Crippen LogP contribution in [-0.2, 0) is 6.18 Å². The van der Waals surface area contributed by atoms with Crippen LogP contribution in [-0.4, -0.2) is 11.7 Å². The first-order valence-electron chi connectivity index (χ1n) is 4.27. The second kappa shape index (κ2) is 4.49. The van der Waals surface area contributed by atoms with Crippen LogP contribution in [0.2, 0.25) is 0 Å². The third-order valence-corrected chi connectivity index (χ3v) is 2.04. The van der Waals surface area contributed by atoms with Crippen LogP contribution in [0.3, 0.4) is 0 Å². The molecule has 0 amide bonds.